The molecule has 0 spiro atoms. The molecular formula is C10H11N3. The monoisotopic (exact) mass is 173 g/mol. The molecule has 0 radical (unpaired) electrons. The van der Waals surface area contributed by atoms with Gasteiger partial charge in [-0.2, -0.15) is 5.26 Å². The van der Waals surface area contributed by atoms with E-state index in [0.29, 0.717) is 0 Å². The van der Waals surface area contributed by atoms with E-state index in [-0.39, 0.29) is 0 Å². The van der Waals surface area contributed by atoms with Crippen molar-refractivity contribution in [3.8, 4) is 6.07 Å². The Morgan fingerprint density at radius 2 is 2.23 bits per heavy atom. The third-order valence-electron chi connectivity index (χ3n) is 2.17. The van der Waals surface area contributed by atoms with Gasteiger partial charge in [-0.25, -0.2) is 0 Å². The van der Waals surface area contributed by atoms with Crippen molar-refractivity contribution in [1.29, 1.82) is 5.26 Å². The number of nitrogens with one attached hydrogen (secondary N) is 2. The predicted molar refractivity (Wildman–Crippen MR) is 51.4 cm³/mol. The highest BCUT2D eigenvalue weighted by Crippen LogP contribution is 2.18. The number of anilines is 1. The first-order valence-corrected chi connectivity index (χ1v) is 4.38. The van der Waals surface area contributed by atoms with Gasteiger partial charge in [0.15, 0.2) is 0 Å². The fraction of sp³-hybridized carbons (Fsp3) is 0.300. The number of nitriles is 1. The maximum absolute atomic E-state index is 8.72. The minimum absolute atomic E-state index is 0.726. The maximum atomic E-state index is 8.72. The lowest BCUT2D eigenvalue weighted by molar-refractivity contribution is 0.725. The highest BCUT2D eigenvalue weighted by Gasteiger charge is 2.06. The summed E-state index contributed by atoms with van der Waals surface area (Å²) in [5.74, 6) is 0. The van der Waals surface area contributed by atoms with Crippen LogP contribution in [0.3, 0.4) is 0 Å². The minimum Gasteiger partial charge on any atom is -0.384 e. The predicted octanol–water partition coefficient (Wildman–Crippen LogP) is 1.07. The Morgan fingerprint density at radius 3 is 3.08 bits per heavy atom. The second kappa shape index (κ2) is 3.46. The molecule has 1 aromatic carbocycles. The smallest absolute Gasteiger partial charge is 0.0991 e. The summed E-state index contributed by atoms with van der Waals surface area (Å²) in [7, 11) is 0. The molecule has 0 amide bonds. The van der Waals surface area contributed by atoms with Gasteiger partial charge in [-0.15, -0.1) is 0 Å². The standard InChI is InChI=1S/C10H11N3/c11-6-8-1-2-10-9(5-8)7-12-3-4-13-10/h1-2,5,12-13H,3-4,7H2. The van der Waals surface area contributed by atoms with Gasteiger partial charge in [-0.1, -0.05) is 0 Å². The van der Waals surface area contributed by atoms with E-state index in [9.17, 15) is 0 Å². The topological polar surface area (TPSA) is 47.9 Å². The molecule has 0 aliphatic carbocycles. The lowest BCUT2D eigenvalue weighted by Gasteiger charge is -2.06. The van der Waals surface area contributed by atoms with Crippen molar-refractivity contribution < 1.29 is 0 Å². The molecule has 0 atom stereocenters. The van der Waals surface area contributed by atoms with Gasteiger partial charge in [0, 0.05) is 25.3 Å². The van der Waals surface area contributed by atoms with E-state index >= 15 is 0 Å². The Bertz CT molecular complexity index is 352. The lowest BCUT2D eigenvalue weighted by Crippen LogP contribution is -2.16. The Kier molecular flexibility index (Phi) is 2.15. The van der Waals surface area contributed by atoms with Crippen LogP contribution in [-0.4, -0.2) is 13.1 Å². The van der Waals surface area contributed by atoms with E-state index in [1.54, 1.807) is 0 Å². The zero-order chi connectivity index (χ0) is 9.10. The molecule has 2 rings (SSSR count). The van der Waals surface area contributed by atoms with Crippen molar-refractivity contribution in [2.45, 2.75) is 6.54 Å². The van der Waals surface area contributed by atoms with Gasteiger partial charge >= 0.3 is 0 Å². The average Bonchev–Trinajstić information content (AvgIpc) is 2.41. The van der Waals surface area contributed by atoms with Gasteiger partial charge in [-0.05, 0) is 23.8 Å². The maximum Gasteiger partial charge on any atom is 0.0991 e. The van der Waals surface area contributed by atoms with Crippen LogP contribution in [0.4, 0.5) is 5.69 Å². The average molecular weight is 173 g/mol. The zero-order valence-corrected chi connectivity index (χ0v) is 7.30. The number of hydrogen-bond donors (Lipinski definition) is 2. The first-order chi connectivity index (χ1) is 6.40. The van der Waals surface area contributed by atoms with E-state index in [2.05, 4.69) is 16.7 Å². The summed E-state index contributed by atoms with van der Waals surface area (Å²) in [5.41, 5.74) is 3.05. The summed E-state index contributed by atoms with van der Waals surface area (Å²) in [6.45, 7) is 2.76. The van der Waals surface area contributed by atoms with Gasteiger partial charge < -0.3 is 10.6 Å². The first-order valence-electron chi connectivity index (χ1n) is 4.38. The second-order valence-corrected chi connectivity index (χ2v) is 3.09. The number of nitrogens with zero attached hydrogens (tertiary/aromatic N) is 1. The number of rotatable bonds is 0. The zero-order valence-electron chi connectivity index (χ0n) is 7.30. The minimum atomic E-state index is 0.726. The van der Waals surface area contributed by atoms with E-state index in [1.807, 2.05) is 18.2 Å². The van der Waals surface area contributed by atoms with Crippen LogP contribution in [0.15, 0.2) is 18.2 Å². The Labute approximate surface area is 77.4 Å². The molecule has 0 saturated heterocycles. The highest BCUT2D eigenvalue weighted by molar-refractivity contribution is 5.55. The van der Waals surface area contributed by atoms with Crippen LogP contribution < -0.4 is 10.6 Å². The fourth-order valence-corrected chi connectivity index (χ4v) is 1.49. The molecule has 1 aliphatic rings. The quantitative estimate of drug-likeness (QED) is 0.617. The molecule has 0 bridgehead atoms. The molecule has 3 heteroatoms. The molecule has 1 aliphatic heterocycles. The molecular weight excluding hydrogens is 162 g/mol. The van der Waals surface area contributed by atoms with Gasteiger partial charge in [0.05, 0.1) is 11.6 Å². The summed E-state index contributed by atoms with van der Waals surface area (Å²) < 4.78 is 0. The third kappa shape index (κ3) is 1.63. The van der Waals surface area contributed by atoms with Crippen LogP contribution in [0.1, 0.15) is 11.1 Å². The summed E-state index contributed by atoms with van der Waals surface area (Å²) in [4.78, 5) is 0. The molecule has 0 fully saturated rings. The molecule has 0 aromatic heterocycles. The lowest BCUT2D eigenvalue weighted by atomic mass is 10.1. The normalized spacial score (nSPS) is 15.0. The van der Waals surface area contributed by atoms with Gasteiger partial charge in [0.25, 0.3) is 0 Å². The Morgan fingerprint density at radius 1 is 1.31 bits per heavy atom. The van der Waals surface area contributed by atoms with Crippen molar-refractivity contribution in [2.75, 3.05) is 18.4 Å². The molecule has 0 unspecified atom stereocenters. The molecule has 1 aromatic rings. The second-order valence-electron chi connectivity index (χ2n) is 3.09. The van der Waals surface area contributed by atoms with E-state index in [0.717, 1.165) is 30.9 Å². The molecule has 3 nitrogen and oxygen atoms in total. The third-order valence-corrected chi connectivity index (χ3v) is 2.17. The largest absolute Gasteiger partial charge is 0.384 e. The number of fused-ring (bicyclic) bond motifs is 1. The van der Waals surface area contributed by atoms with E-state index in [4.69, 9.17) is 5.26 Å². The molecule has 2 N–H and O–H groups in total. The van der Waals surface area contributed by atoms with Crippen LogP contribution in [0.5, 0.6) is 0 Å². The summed E-state index contributed by atoms with van der Waals surface area (Å²) >= 11 is 0. The van der Waals surface area contributed by atoms with E-state index < -0.39 is 0 Å². The highest BCUT2D eigenvalue weighted by atomic mass is 15.0. The van der Waals surface area contributed by atoms with Crippen LogP contribution in [0.25, 0.3) is 0 Å². The van der Waals surface area contributed by atoms with Crippen LogP contribution in [0.2, 0.25) is 0 Å². The SMILES string of the molecule is N#Cc1ccc2c(c1)CNCCN2. The Balaban J connectivity index is 2.39. The summed E-state index contributed by atoms with van der Waals surface area (Å²) in [6, 6.07) is 7.89. The Hall–Kier alpha value is -1.53. The van der Waals surface area contributed by atoms with Crippen molar-refractivity contribution in [3.05, 3.63) is 29.3 Å². The molecule has 1 heterocycles. The van der Waals surface area contributed by atoms with Crippen molar-refractivity contribution >= 4 is 5.69 Å². The van der Waals surface area contributed by atoms with Gasteiger partial charge in [0.2, 0.25) is 0 Å². The van der Waals surface area contributed by atoms with Gasteiger partial charge in [0.1, 0.15) is 0 Å². The van der Waals surface area contributed by atoms with Crippen molar-refractivity contribution in [3.63, 3.8) is 0 Å². The van der Waals surface area contributed by atoms with E-state index in [1.165, 1.54) is 5.56 Å². The van der Waals surface area contributed by atoms with Crippen LogP contribution in [0, 0.1) is 11.3 Å². The molecule has 0 saturated carbocycles. The molecule has 66 valence electrons. The van der Waals surface area contributed by atoms with Crippen LogP contribution >= 0.6 is 0 Å². The number of hydrogen-bond acceptors (Lipinski definition) is 3. The summed E-state index contributed by atoms with van der Waals surface area (Å²) in [5, 5.41) is 15.3. The fourth-order valence-electron chi connectivity index (χ4n) is 1.49. The molecule has 13 heavy (non-hydrogen) atoms. The van der Waals surface area contributed by atoms with Crippen LogP contribution in [-0.2, 0) is 6.54 Å². The summed E-state index contributed by atoms with van der Waals surface area (Å²) in [6.07, 6.45) is 0. The van der Waals surface area contributed by atoms with Gasteiger partial charge in [-0.3, -0.25) is 0 Å². The first kappa shape index (κ1) is 8.09. The number of benzene rings is 1. The van der Waals surface area contributed by atoms with Crippen molar-refractivity contribution in [1.82, 2.24) is 5.32 Å². The van der Waals surface area contributed by atoms with Crippen molar-refractivity contribution in [2.24, 2.45) is 0 Å².